The minimum absolute atomic E-state index is 0.106. The van der Waals surface area contributed by atoms with Gasteiger partial charge in [0.1, 0.15) is 0 Å². The summed E-state index contributed by atoms with van der Waals surface area (Å²) < 4.78 is 0. The van der Waals surface area contributed by atoms with Crippen molar-refractivity contribution in [2.24, 2.45) is 5.11 Å². The van der Waals surface area contributed by atoms with E-state index in [2.05, 4.69) is 10.0 Å². The van der Waals surface area contributed by atoms with Gasteiger partial charge < -0.3 is 5.11 Å². The van der Waals surface area contributed by atoms with Crippen molar-refractivity contribution in [2.45, 2.75) is 39.8 Å². The molecule has 0 heterocycles. The molecule has 0 radical (unpaired) electrons. The molecule has 0 saturated carbocycles. The SMILES string of the molecule is CC(C)N=[N+]=[N-].CC(C)O. The number of azide groups is 1. The molecule has 4 heteroatoms. The second-order valence-electron chi connectivity index (χ2n) is 2.39. The van der Waals surface area contributed by atoms with Crippen LogP contribution in [0, 0.1) is 0 Å². The quantitative estimate of drug-likeness (QED) is 0.342. The molecule has 10 heavy (non-hydrogen) atoms. The van der Waals surface area contributed by atoms with Gasteiger partial charge in [0, 0.05) is 17.1 Å². The first kappa shape index (κ1) is 12.0. The van der Waals surface area contributed by atoms with Crippen molar-refractivity contribution in [1.29, 1.82) is 0 Å². The lowest BCUT2D eigenvalue weighted by molar-refractivity contribution is 0.216. The van der Waals surface area contributed by atoms with Crippen molar-refractivity contribution in [3.8, 4) is 0 Å². The summed E-state index contributed by atoms with van der Waals surface area (Å²) in [6.45, 7) is 7.11. The predicted octanol–water partition coefficient (Wildman–Crippen LogP) is 2.09. The molecule has 0 fully saturated rings. The van der Waals surface area contributed by atoms with Crippen LogP contribution in [-0.4, -0.2) is 17.3 Å². The summed E-state index contributed by atoms with van der Waals surface area (Å²) in [5.74, 6) is 0. The highest BCUT2D eigenvalue weighted by Gasteiger charge is 1.78. The van der Waals surface area contributed by atoms with Gasteiger partial charge in [-0.05, 0) is 19.4 Å². The number of nitrogens with zero attached hydrogens (tertiary/aromatic N) is 3. The fraction of sp³-hybridized carbons (Fsp3) is 1.00. The van der Waals surface area contributed by atoms with E-state index >= 15 is 0 Å². The van der Waals surface area contributed by atoms with Crippen LogP contribution in [0.5, 0.6) is 0 Å². The van der Waals surface area contributed by atoms with Crippen molar-refractivity contribution < 1.29 is 5.11 Å². The van der Waals surface area contributed by atoms with Crippen LogP contribution in [0.3, 0.4) is 0 Å². The molecule has 0 bridgehead atoms. The molecule has 0 aliphatic heterocycles. The maximum absolute atomic E-state index is 8.06. The average molecular weight is 145 g/mol. The third kappa shape index (κ3) is 55.5. The third-order valence-corrected chi connectivity index (χ3v) is 0.283. The Morgan fingerprint density at radius 3 is 1.60 bits per heavy atom. The van der Waals surface area contributed by atoms with Crippen molar-refractivity contribution in [1.82, 2.24) is 0 Å². The minimum Gasteiger partial charge on any atom is -0.394 e. The van der Waals surface area contributed by atoms with Gasteiger partial charge in [-0.1, -0.05) is 19.0 Å². The van der Waals surface area contributed by atoms with Crippen molar-refractivity contribution in [3.05, 3.63) is 10.4 Å². The van der Waals surface area contributed by atoms with Gasteiger partial charge in [-0.3, -0.25) is 0 Å². The fourth-order valence-corrected chi connectivity index (χ4v) is 0.103. The van der Waals surface area contributed by atoms with Crippen molar-refractivity contribution >= 4 is 0 Å². The maximum atomic E-state index is 8.06. The lowest BCUT2D eigenvalue weighted by Gasteiger charge is -1.82. The standard InChI is InChI=1S/C3H7N3.C3H8O/c1-3(2)5-6-4;1-3(2)4/h3H,1-2H3;3-4H,1-2H3. The van der Waals surface area contributed by atoms with Gasteiger partial charge in [-0.15, -0.1) is 0 Å². The number of aliphatic hydroxyl groups is 1. The van der Waals surface area contributed by atoms with E-state index < -0.39 is 0 Å². The summed E-state index contributed by atoms with van der Waals surface area (Å²) in [5.41, 5.74) is 7.70. The van der Waals surface area contributed by atoms with E-state index in [1.54, 1.807) is 13.8 Å². The lowest BCUT2D eigenvalue weighted by atomic mass is 10.4. The van der Waals surface area contributed by atoms with E-state index in [1.807, 2.05) is 13.8 Å². The third-order valence-electron chi connectivity index (χ3n) is 0.283. The molecule has 0 rings (SSSR count). The molecule has 0 amide bonds. The summed E-state index contributed by atoms with van der Waals surface area (Å²) in [6.07, 6.45) is -0.167. The maximum Gasteiger partial charge on any atom is 0.0483 e. The van der Waals surface area contributed by atoms with Crippen LogP contribution in [0.25, 0.3) is 10.4 Å². The zero-order valence-corrected chi connectivity index (χ0v) is 6.94. The van der Waals surface area contributed by atoms with Gasteiger partial charge in [0.25, 0.3) is 0 Å². The molecule has 0 aliphatic rings. The zero-order chi connectivity index (χ0) is 8.57. The van der Waals surface area contributed by atoms with Crippen LogP contribution in [0.4, 0.5) is 0 Å². The molecule has 1 N–H and O–H groups in total. The van der Waals surface area contributed by atoms with Gasteiger partial charge >= 0.3 is 0 Å². The van der Waals surface area contributed by atoms with Crippen molar-refractivity contribution in [3.63, 3.8) is 0 Å². The molecule has 60 valence electrons. The van der Waals surface area contributed by atoms with E-state index in [9.17, 15) is 0 Å². The lowest BCUT2D eigenvalue weighted by Crippen LogP contribution is -1.85. The Labute approximate surface area is 61.5 Å². The Kier molecular flexibility index (Phi) is 9.92. The fourth-order valence-electron chi connectivity index (χ4n) is 0.103. The summed E-state index contributed by atoms with van der Waals surface area (Å²) in [5, 5.41) is 11.4. The first-order chi connectivity index (χ1) is 4.50. The largest absolute Gasteiger partial charge is 0.394 e. The van der Waals surface area contributed by atoms with Crippen LogP contribution in [0.2, 0.25) is 0 Å². The first-order valence-corrected chi connectivity index (χ1v) is 3.23. The van der Waals surface area contributed by atoms with Crippen LogP contribution < -0.4 is 0 Å². The van der Waals surface area contributed by atoms with Crippen LogP contribution in [-0.2, 0) is 0 Å². The van der Waals surface area contributed by atoms with E-state index in [-0.39, 0.29) is 12.1 Å². The monoisotopic (exact) mass is 145 g/mol. The van der Waals surface area contributed by atoms with Gasteiger partial charge in [0.15, 0.2) is 0 Å². The summed E-state index contributed by atoms with van der Waals surface area (Å²) in [7, 11) is 0. The summed E-state index contributed by atoms with van der Waals surface area (Å²) in [6, 6.07) is 0.106. The van der Waals surface area contributed by atoms with Crippen LogP contribution in [0.15, 0.2) is 5.11 Å². The Hall–Kier alpha value is -0.730. The summed E-state index contributed by atoms with van der Waals surface area (Å²) in [4.78, 5) is 2.56. The summed E-state index contributed by atoms with van der Waals surface area (Å²) >= 11 is 0. The van der Waals surface area contributed by atoms with Crippen LogP contribution >= 0.6 is 0 Å². The highest BCUT2D eigenvalue weighted by Crippen LogP contribution is 1.82. The normalized spacial score (nSPS) is 8.30. The molecule has 0 atom stereocenters. The highest BCUT2D eigenvalue weighted by molar-refractivity contribution is 4.49. The molecular weight excluding hydrogens is 130 g/mol. The van der Waals surface area contributed by atoms with Gasteiger partial charge in [-0.2, -0.15) is 0 Å². The highest BCUT2D eigenvalue weighted by atomic mass is 16.3. The topological polar surface area (TPSA) is 69.0 Å². The average Bonchev–Trinajstić information content (AvgIpc) is 1.62. The first-order valence-electron chi connectivity index (χ1n) is 3.23. The number of hydrogen-bond donors (Lipinski definition) is 1. The molecule has 0 aromatic carbocycles. The minimum atomic E-state index is -0.167. The second kappa shape index (κ2) is 8.27. The molecule has 0 aromatic rings. The molecule has 0 unspecified atom stereocenters. The van der Waals surface area contributed by atoms with E-state index in [0.717, 1.165) is 0 Å². The molecule has 0 saturated heterocycles. The smallest absolute Gasteiger partial charge is 0.0483 e. The number of hydrogen-bond acceptors (Lipinski definition) is 2. The molecule has 0 aromatic heterocycles. The number of aliphatic hydroxyl groups excluding tert-OH is 1. The van der Waals surface area contributed by atoms with Gasteiger partial charge in [-0.25, -0.2) is 0 Å². The Morgan fingerprint density at radius 1 is 1.30 bits per heavy atom. The zero-order valence-electron chi connectivity index (χ0n) is 6.94. The van der Waals surface area contributed by atoms with E-state index in [4.69, 9.17) is 10.6 Å². The molecular formula is C6H15N3O. The molecule has 0 aliphatic carbocycles. The number of rotatable bonds is 1. The predicted molar refractivity (Wildman–Crippen MR) is 41.6 cm³/mol. The van der Waals surface area contributed by atoms with Crippen molar-refractivity contribution in [2.75, 3.05) is 0 Å². The molecule has 4 nitrogen and oxygen atoms in total. The van der Waals surface area contributed by atoms with E-state index in [1.165, 1.54) is 0 Å². The Bertz CT molecular complexity index is 103. The van der Waals surface area contributed by atoms with Crippen LogP contribution in [0.1, 0.15) is 27.7 Å². The molecule has 0 spiro atoms. The second-order valence-corrected chi connectivity index (χ2v) is 2.39. The Balaban J connectivity index is 0. The van der Waals surface area contributed by atoms with Gasteiger partial charge in [0.2, 0.25) is 0 Å². The van der Waals surface area contributed by atoms with Gasteiger partial charge in [0.05, 0.1) is 0 Å². The van der Waals surface area contributed by atoms with E-state index in [0.29, 0.717) is 0 Å². The Morgan fingerprint density at radius 2 is 1.60 bits per heavy atom.